The van der Waals surface area contributed by atoms with E-state index in [0.29, 0.717) is 0 Å². The van der Waals surface area contributed by atoms with Crippen molar-refractivity contribution in [2.45, 2.75) is 32.1 Å². The van der Waals surface area contributed by atoms with E-state index in [1.807, 2.05) is 30.9 Å². The number of aromatic nitrogens is 2. The summed E-state index contributed by atoms with van der Waals surface area (Å²) in [5.41, 5.74) is 2.37. The molecule has 3 nitrogen and oxygen atoms in total. The van der Waals surface area contributed by atoms with E-state index in [4.69, 9.17) is 0 Å². The Kier molecular flexibility index (Phi) is 4.89. The number of hydrogen-bond donors (Lipinski definition) is 1. The van der Waals surface area contributed by atoms with Crippen molar-refractivity contribution in [2.75, 3.05) is 12.8 Å². The third kappa shape index (κ3) is 3.64. The van der Waals surface area contributed by atoms with Crippen LogP contribution >= 0.6 is 11.8 Å². The fourth-order valence-corrected chi connectivity index (χ4v) is 2.36. The Balaban J connectivity index is 2.11. The van der Waals surface area contributed by atoms with Crippen LogP contribution in [0.5, 0.6) is 0 Å². The molecule has 0 aliphatic carbocycles. The first-order valence-corrected chi connectivity index (χ1v) is 8.10. The zero-order chi connectivity index (χ0) is 14.6. The molecule has 0 unspecified atom stereocenters. The van der Waals surface area contributed by atoms with Gasteiger partial charge in [-0.3, -0.25) is 4.57 Å². The molecule has 0 bridgehead atoms. The van der Waals surface area contributed by atoms with Crippen LogP contribution in [0, 0.1) is 6.92 Å². The SMILES string of the molecule is CSC(C)(C)CNCc1cnc(C)n1-c1ccccc1. The summed E-state index contributed by atoms with van der Waals surface area (Å²) < 4.78 is 2.46. The highest BCUT2D eigenvalue weighted by atomic mass is 32.2. The third-order valence-corrected chi connectivity index (χ3v) is 4.68. The molecule has 0 amide bonds. The average molecular weight is 289 g/mol. The number of hydrogen-bond acceptors (Lipinski definition) is 3. The predicted octanol–water partition coefficient (Wildman–Crippen LogP) is 3.41. The van der Waals surface area contributed by atoms with Gasteiger partial charge in [-0.25, -0.2) is 4.98 Å². The molecule has 20 heavy (non-hydrogen) atoms. The first-order chi connectivity index (χ1) is 9.53. The van der Waals surface area contributed by atoms with E-state index >= 15 is 0 Å². The first kappa shape index (κ1) is 15.1. The Morgan fingerprint density at radius 3 is 2.60 bits per heavy atom. The van der Waals surface area contributed by atoms with Gasteiger partial charge in [-0.05, 0) is 39.2 Å². The summed E-state index contributed by atoms with van der Waals surface area (Å²) in [5.74, 6) is 1.03. The maximum atomic E-state index is 4.45. The number of benzene rings is 1. The van der Waals surface area contributed by atoms with Crippen molar-refractivity contribution in [2.24, 2.45) is 0 Å². The second-order valence-electron chi connectivity index (χ2n) is 5.54. The predicted molar refractivity (Wildman–Crippen MR) is 87.6 cm³/mol. The lowest BCUT2D eigenvalue weighted by Gasteiger charge is -2.22. The normalized spacial score (nSPS) is 11.8. The molecule has 1 heterocycles. The number of para-hydroxylation sites is 1. The van der Waals surface area contributed by atoms with Gasteiger partial charge in [0.25, 0.3) is 0 Å². The lowest BCUT2D eigenvalue weighted by molar-refractivity contribution is 0.581. The Morgan fingerprint density at radius 2 is 1.95 bits per heavy atom. The molecule has 0 radical (unpaired) electrons. The minimum atomic E-state index is 0.257. The summed E-state index contributed by atoms with van der Waals surface area (Å²) in [4.78, 5) is 4.45. The Hall–Kier alpha value is -1.26. The lowest BCUT2D eigenvalue weighted by atomic mass is 10.2. The van der Waals surface area contributed by atoms with Crippen LogP contribution in [0.15, 0.2) is 36.5 Å². The summed E-state index contributed by atoms with van der Waals surface area (Å²) in [5, 5.41) is 3.53. The molecule has 4 heteroatoms. The van der Waals surface area contributed by atoms with E-state index in [1.165, 1.54) is 11.4 Å². The number of rotatable bonds is 6. The summed E-state index contributed by atoms with van der Waals surface area (Å²) in [6.07, 6.45) is 4.11. The summed E-state index contributed by atoms with van der Waals surface area (Å²) >= 11 is 1.88. The molecule has 0 fully saturated rings. The van der Waals surface area contributed by atoms with Gasteiger partial charge in [0.2, 0.25) is 0 Å². The lowest BCUT2D eigenvalue weighted by Crippen LogP contribution is -2.32. The van der Waals surface area contributed by atoms with Gasteiger partial charge in [-0.15, -0.1) is 0 Å². The molecule has 0 saturated heterocycles. The van der Waals surface area contributed by atoms with E-state index in [1.54, 1.807) is 0 Å². The maximum Gasteiger partial charge on any atom is 0.110 e. The van der Waals surface area contributed by atoms with E-state index < -0.39 is 0 Å². The molecule has 0 aliphatic rings. The van der Waals surface area contributed by atoms with E-state index in [-0.39, 0.29) is 4.75 Å². The second kappa shape index (κ2) is 6.46. The Labute approximate surface area is 125 Å². The molecule has 0 aliphatic heterocycles. The van der Waals surface area contributed by atoms with E-state index in [2.05, 4.69) is 59.2 Å². The molecule has 0 saturated carbocycles. The minimum Gasteiger partial charge on any atom is -0.310 e. The standard InChI is InChI=1S/C16H23N3S/c1-13-18-11-15(10-17-12-16(2,3)20-4)19(13)14-8-6-5-7-9-14/h5-9,11,17H,10,12H2,1-4H3. The number of imidazole rings is 1. The van der Waals surface area contributed by atoms with Crippen LogP contribution in [0.4, 0.5) is 0 Å². The van der Waals surface area contributed by atoms with Crippen molar-refractivity contribution in [3.8, 4) is 5.69 Å². The minimum absolute atomic E-state index is 0.257. The van der Waals surface area contributed by atoms with Crippen LogP contribution in [0.25, 0.3) is 5.69 Å². The van der Waals surface area contributed by atoms with Gasteiger partial charge in [-0.2, -0.15) is 11.8 Å². The number of nitrogens with zero attached hydrogens (tertiary/aromatic N) is 2. The molecular formula is C16H23N3S. The molecule has 108 valence electrons. The van der Waals surface area contributed by atoms with Crippen molar-refractivity contribution >= 4 is 11.8 Å². The highest BCUT2D eigenvalue weighted by Gasteiger charge is 2.15. The fourth-order valence-electron chi connectivity index (χ4n) is 2.11. The first-order valence-electron chi connectivity index (χ1n) is 6.88. The van der Waals surface area contributed by atoms with Gasteiger partial charge in [-0.1, -0.05) is 18.2 Å². The number of aryl methyl sites for hydroxylation is 1. The van der Waals surface area contributed by atoms with E-state index in [0.717, 1.165) is 18.9 Å². The molecule has 1 aromatic carbocycles. The fraction of sp³-hybridized carbons (Fsp3) is 0.438. The van der Waals surface area contributed by atoms with Gasteiger partial charge in [0.15, 0.2) is 0 Å². The highest BCUT2D eigenvalue weighted by molar-refractivity contribution is 7.99. The van der Waals surface area contributed by atoms with Gasteiger partial charge in [0.1, 0.15) is 5.82 Å². The highest BCUT2D eigenvalue weighted by Crippen LogP contribution is 2.20. The summed E-state index contributed by atoms with van der Waals surface area (Å²) in [7, 11) is 0. The second-order valence-corrected chi connectivity index (χ2v) is 7.05. The van der Waals surface area contributed by atoms with Gasteiger partial charge >= 0.3 is 0 Å². The zero-order valence-electron chi connectivity index (χ0n) is 12.7. The Morgan fingerprint density at radius 1 is 1.25 bits per heavy atom. The van der Waals surface area contributed by atoms with Crippen LogP contribution in [0.1, 0.15) is 25.4 Å². The Bertz CT molecular complexity index is 546. The van der Waals surface area contributed by atoms with Crippen LogP contribution in [0.2, 0.25) is 0 Å². The van der Waals surface area contributed by atoms with Crippen LogP contribution in [-0.4, -0.2) is 27.1 Å². The quantitative estimate of drug-likeness (QED) is 0.884. The molecule has 0 spiro atoms. The zero-order valence-corrected chi connectivity index (χ0v) is 13.5. The van der Waals surface area contributed by atoms with Crippen LogP contribution in [-0.2, 0) is 6.54 Å². The third-order valence-electron chi connectivity index (χ3n) is 3.44. The summed E-state index contributed by atoms with van der Waals surface area (Å²) in [6, 6.07) is 10.4. The summed E-state index contributed by atoms with van der Waals surface area (Å²) in [6.45, 7) is 8.37. The monoisotopic (exact) mass is 289 g/mol. The van der Waals surface area contributed by atoms with E-state index in [9.17, 15) is 0 Å². The molecule has 0 atom stereocenters. The molecule has 2 rings (SSSR count). The van der Waals surface area contributed by atoms with Crippen molar-refractivity contribution in [1.29, 1.82) is 0 Å². The van der Waals surface area contributed by atoms with Gasteiger partial charge in [0, 0.05) is 23.5 Å². The van der Waals surface area contributed by atoms with Crippen molar-refractivity contribution in [3.05, 3.63) is 48.0 Å². The number of nitrogens with one attached hydrogen (secondary N) is 1. The average Bonchev–Trinajstić information content (AvgIpc) is 2.81. The van der Waals surface area contributed by atoms with Gasteiger partial charge < -0.3 is 5.32 Å². The van der Waals surface area contributed by atoms with Crippen molar-refractivity contribution in [1.82, 2.24) is 14.9 Å². The van der Waals surface area contributed by atoms with Crippen LogP contribution < -0.4 is 5.32 Å². The molecular weight excluding hydrogens is 266 g/mol. The van der Waals surface area contributed by atoms with Crippen LogP contribution in [0.3, 0.4) is 0 Å². The number of thioether (sulfide) groups is 1. The topological polar surface area (TPSA) is 29.9 Å². The largest absolute Gasteiger partial charge is 0.310 e. The van der Waals surface area contributed by atoms with Gasteiger partial charge in [0.05, 0.1) is 11.9 Å². The smallest absolute Gasteiger partial charge is 0.110 e. The molecule has 2 aromatic rings. The molecule has 1 aromatic heterocycles. The van der Waals surface area contributed by atoms with Crippen molar-refractivity contribution in [3.63, 3.8) is 0 Å². The molecule has 1 N–H and O–H groups in total. The maximum absolute atomic E-state index is 4.45. The van der Waals surface area contributed by atoms with Crippen molar-refractivity contribution < 1.29 is 0 Å².